The number of nitrogen functional groups attached to an aromatic ring is 1. The average Bonchev–Trinajstić information content (AvgIpc) is 3.38. The maximum Gasteiger partial charge on any atom is 0.261 e. The highest BCUT2D eigenvalue weighted by molar-refractivity contribution is 6.31. The predicted molar refractivity (Wildman–Crippen MR) is 110 cm³/mol. The van der Waals surface area contributed by atoms with Gasteiger partial charge in [0, 0.05) is 31.9 Å². The van der Waals surface area contributed by atoms with E-state index in [4.69, 9.17) is 17.3 Å². The Morgan fingerprint density at radius 2 is 2.07 bits per heavy atom. The van der Waals surface area contributed by atoms with Gasteiger partial charge in [-0.1, -0.05) is 11.6 Å². The van der Waals surface area contributed by atoms with E-state index >= 15 is 0 Å². The Bertz CT molecular complexity index is 1080. The zero-order valence-corrected chi connectivity index (χ0v) is 16.9. The minimum atomic E-state index is -0.543. The second-order valence-corrected chi connectivity index (χ2v) is 7.91. The predicted octanol–water partition coefficient (Wildman–Crippen LogP) is 3.83. The number of hydrogen-bond acceptors (Lipinski definition) is 4. The fourth-order valence-corrected chi connectivity index (χ4v) is 4.21. The molecule has 0 aliphatic heterocycles. The zero-order valence-electron chi connectivity index (χ0n) is 16.2. The number of nitrogens with two attached hydrogens (primary N) is 1. The molecule has 4 rings (SSSR count). The average molecular weight is 417 g/mol. The third-order valence-corrected chi connectivity index (χ3v) is 5.83. The van der Waals surface area contributed by atoms with Crippen molar-refractivity contribution in [1.82, 2.24) is 19.6 Å². The molecule has 2 aromatic heterocycles. The van der Waals surface area contributed by atoms with Crippen molar-refractivity contribution in [1.29, 1.82) is 0 Å². The van der Waals surface area contributed by atoms with Crippen molar-refractivity contribution in [2.75, 3.05) is 11.1 Å². The van der Waals surface area contributed by atoms with Crippen LogP contribution >= 0.6 is 11.6 Å². The fourth-order valence-electron chi connectivity index (χ4n) is 4.03. The molecule has 3 N–H and O–H groups in total. The number of nitrogens with zero attached hydrogens (tertiary/aromatic N) is 4. The summed E-state index contributed by atoms with van der Waals surface area (Å²) in [4.78, 5) is 13.0. The molecule has 2 unspecified atom stereocenters. The highest BCUT2D eigenvalue weighted by Gasteiger charge is 2.34. The summed E-state index contributed by atoms with van der Waals surface area (Å²) in [5.41, 5.74) is 8.83. The van der Waals surface area contributed by atoms with Crippen molar-refractivity contribution in [3.63, 3.8) is 0 Å². The molecular formula is C20H22ClFN6O. The van der Waals surface area contributed by atoms with Gasteiger partial charge in [-0.2, -0.15) is 10.2 Å². The fraction of sp³-hybridized carbons (Fsp3) is 0.350. The molecule has 152 valence electrons. The van der Waals surface area contributed by atoms with Crippen LogP contribution in [0.1, 0.15) is 52.7 Å². The number of rotatable bonds is 4. The van der Waals surface area contributed by atoms with Gasteiger partial charge in [0.25, 0.3) is 5.91 Å². The summed E-state index contributed by atoms with van der Waals surface area (Å²) >= 11 is 5.82. The van der Waals surface area contributed by atoms with Crippen LogP contribution in [0.3, 0.4) is 0 Å². The van der Waals surface area contributed by atoms with E-state index in [2.05, 4.69) is 15.5 Å². The Morgan fingerprint density at radius 3 is 2.76 bits per heavy atom. The third kappa shape index (κ3) is 3.72. The number of carbonyl (C=O) groups excluding carboxylic acids is 1. The summed E-state index contributed by atoms with van der Waals surface area (Å²) in [7, 11) is 3.62. The maximum absolute atomic E-state index is 13.4. The highest BCUT2D eigenvalue weighted by atomic mass is 35.5. The first-order chi connectivity index (χ1) is 13.8. The third-order valence-electron chi connectivity index (χ3n) is 5.54. The number of anilines is 2. The molecule has 2 heterocycles. The number of amides is 1. The molecule has 0 radical (unpaired) electrons. The summed E-state index contributed by atoms with van der Waals surface area (Å²) in [6.45, 7) is 0. The zero-order chi connectivity index (χ0) is 20.7. The second kappa shape index (κ2) is 7.51. The van der Waals surface area contributed by atoms with Crippen LogP contribution in [0.15, 0.2) is 30.6 Å². The maximum atomic E-state index is 13.4. The Hall–Kier alpha value is -2.87. The molecule has 1 aromatic carbocycles. The molecular weight excluding hydrogens is 395 g/mol. The number of benzene rings is 1. The molecule has 9 heteroatoms. The first-order valence-electron chi connectivity index (χ1n) is 9.40. The lowest BCUT2D eigenvalue weighted by Crippen LogP contribution is -2.16. The smallest absolute Gasteiger partial charge is 0.261 e. The summed E-state index contributed by atoms with van der Waals surface area (Å²) in [6, 6.07) is 4.04. The van der Waals surface area contributed by atoms with Gasteiger partial charge in [0.2, 0.25) is 0 Å². The van der Waals surface area contributed by atoms with Crippen LogP contribution in [0.4, 0.5) is 15.9 Å². The molecule has 1 saturated carbocycles. The van der Waals surface area contributed by atoms with Crippen LogP contribution in [-0.2, 0) is 14.1 Å². The number of hydrogen-bond donors (Lipinski definition) is 2. The van der Waals surface area contributed by atoms with Gasteiger partial charge < -0.3 is 11.1 Å². The quantitative estimate of drug-likeness (QED) is 0.676. The van der Waals surface area contributed by atoms with Gasteiger partial charge in [-0.15, -0.1) is 0 Å². The Kier molecular flexibility index (Phi) is 5.04. The monoisotopic (exact) mass is 416 g/mol. The number of nitrogens with one attached hydrogen (secondary N) is 1. The number of aromatic nitrogens is 4. The van der Waals surface area contributed by atoms with Crippen molar-refractivity contribution in [2.24, 2.45) is 14.1 Å². The summed E-state index contributed by atoms with van der Waals surface area (Å²) < 4.78 is 16.7. The lowest BCUT2D eigenvalue weighted by Gasteiger charge is -2.11. The molecule has 1 amide bonds. The van der Waals surface area contributed by atoms with Crippen molar-refractivity contribution in [2.45, 2.75) is 31.1 Å². The SMILES string of the molecule is Cn1cc(C2CCC(c3nn(C)c(N)c3C(=O)Nc3ccc(F)c(Cl)c3)C2)cn1. The summed E-state index contributed by atoms with van der Waals surface area (Å²) in [5, 5.41) is 11.5. The van der Waals surface area contributed by atoms with E-state index in [-0.39, 0.29) is 16.8 Å². The van der Waals surface area contributed by atoms with Gasteiger partial charge in [-0.25, -0.2) is 4.39 Å². The summed E-state index contributed by atoms with van der Waals surface area (Å²) in [6.07, 6.45) is 6.72. The van der Waals surface area contributed by atoms with Crippen LogP contribution in [0, 0.1) is 5.82 Å². The standard InChI is InChI=1S/C20H22ClFN6O/c1-27-10-13(9-24-27)11-3-4-12(7-11)18-17(19(23)28(2)26-18)20(29)25-14-5-6-16(22)15(21)8-14/h5-6,8-12H,3-4,7,23H2,1-2H3,(H,25,29). The van der Waals surface area contributed by atoms with Gasteiger partial charge in [0.05, 0.1) is 16.9 Å². The minimum absolute atomic E-state index is 0.0581. The molecule has 29 heavy (non-hydrogen) atoms. The van der Waals surface area contributed by atoms with Crippen molar-refractivity contribution < 1.29 is 9.18 Å². The molecule has 2 atom stereocenters. The number of carbonyl (C=O) groups is 1. The first kappa shape index (κ1) is 19.4. The van der Waals surface area contributed by atoms with Crippen LogP contribution in [0.25, 0.3) is 0 Å². The lowest BCUT2D eigenvalue weighted by atomic mass is 9.95. The molecule has 1 aliphatic carbocycles. The summed E-state index contributed by atoms with van der Waals surface area (Å²) in [5.74, 6) is -0.114. The van der Waals surface area contributed by atoms with Crippen LogP contribution in [-0.4, -0.2) is 25.5 Å². The van der Waals surface area contributed by atoms with E-state index in [1.807, 2.05) is 19.4 Å². The van der Waals surface area contributed by atoms with Crippen molar-refractivity contribution in [3.05, 3.63) is 58.3 Å². The van der Waals surface area contributed by atoms with E-state index in [1.54, 1.807) is 11.7 Å². The van der Waals surface area contributed by atoms with Crippen LogP contribution in [0.2, 0.25) is 5.02 Å². The number of halogens is 2. The molecule has 0 spiro atoms. The van der Waals surface area contributed by atoms with E-state index in [0.717, 1.165) is 19.3 Å². The minimum Gasteiger partial charge on any atom is -0.383 e. The molecule has 3 aromatic rings. The van der Waals surface area contributed by atoms with E-state index in [1.165, 1.54) is 28.4 Å². The Balaban J connectivity index is 1.58. The molecule has 7 nitrogen and oxygen atoms in total. The van der Waals surface area contributed by atoms with Gasteiger partial charge in [0.1, 0.15) is 17.2 Å². The van der Waals surface area contributed by atoms with Gasteiger partial charge in [0.15, 0.2) is 0 Å². The van der Waals surface area contributed by atoms with Gasteiger partial charge in [-0.05, 0) is 48.9 Å². The Morgan fingerprint density at radius 1 is 1.31 bits per heavy atom. The van der Waals surface area contributed by atoms with Crippen molar-refractivity contribution in [3.8, 4) is 0 Å². The normalized spacial score (nSPS) is 18.9. The van der Waals surface area contributed by atoms with Crippen molar-refractivity contribution >= 4 is 29.0 Å². The first-order valence-corrected chi connectivity index (χ1v) is 9.78. The molecule has 0 bridgehead atoms. The van der Waals surface area contributed by atoms with E-state index < -0.39 is 5.82 Å². The number of aryl methyl sites for hydroxylation is 2. The van der Waals surface area contributed by atoms with Gasteiger partial charge >= 0.3 is 0 Å². The molecule has 1 aliphatic rings. The lowest BCUT2D eigenvalue weighted by molar-refractivity contribution is 0.102. The van der Waals surface area contributed by atoms with E-state index in [9.17, 15) is 9.18 Å². The van der Waals surface area contributed by atoms with Gasteiger partial charge in [-0.3, -0.25) is 14.2 Å². The van der Waals surface area contributed by atoms with Crippen LogP contribution in [0.5, 0.6) is 0 Å². The largest absolute Gasteiger partial charge is 0.383 e. The second-order valence-electron chi connectivity index (χ2n) is 7.51. The topological polar surface area (TPSA) is 90.8 Å². The van der Waals surface area contributed by atoms with E-state index in [0.29, 0.717) is 28.7 Å². The Labute approximate surface area is 172 Å². The van der Waals surface area contributed by atoms with Crippen LogP contribution < -0.4 is 11.1 Å². The highest BCUT2D eigenvalue weighted by Crippen LogP contribution is 2.44. The molecule has 0 saturated heterocycles. The molecule has 1 fully saturated rings.